The predicted octanol–water partition coefficient (Wildman–Crippen LogP) is 4.04. The van der Waals surface area contributed by atoms with Crippen molar-refractivity contribution in [1.82, 2.24) is 14.6 Å². The molecule has 2 aromatic heterocycles. The number of carbonyl (C=O) groups excluding carboxylic acids is 1. The third-order valence-corrected chi connectivity index (χ3v) is 4.68. The Hall–Kier alpha value is -2.86. The van der Waals surface area contributed by atoms with Crippen molar-refractivity contribution in [2.75, 3.05) is 11.1 Å². The number of para-hydroxylation sites is 2. The van der Waals surface area contributed by atoms with Crippen molar-refractivity contribution in [3.63, 3.8) is 0 Å². The van der Waals surface area contributed by atoms with Crippen molar-refractivity contribution in [3.05, 3.63) is 57.2 Å². The Bertz CT molecular complexity index is 1070. The molecule has 2 heterocycles. The Morgan fingerprint density at radius 2 is 2.04 bits per heavy atom. The number of halogens is 4. The minimum atomic E-state index is -4.62. The highest BCUT2D eigenvalue weighted by Gasteiger charge is 2.32. The van der Waals surface area contributed by atoms with Crippen LogP contribution in [0.4, 0.5) is 24.5 Å². The molecule has 0 saturated heterocycles. The molecule has 0 unspecified atom stereocenters. The number of pyridine rings is 1. The van der Waals surface area contributed by atoms with Gasteiger partial charge in [0.15, 0.2) is 10.8 Å². The molecular weight excluding hydrogens is 423 g/mol. The molecule has 0 fully saturated rings. The van der Waals surface area contributed by atoms with Gasteiger partial charge in [-0.3, -0.25) is 19.3 Å². The number of nitrogens with one attached hydrogen (secondary N) is 1. The summed E-state index contributed by atoms with van der Waals surface area (Å²) in [7, 11) is 0. The first-order valence-electron chi connectivity index (χ1n) is 7.44. The number of carbonyl (C=O) groups is 1. The van der Waals surface area contributed by atoms with Crippen LogP contribution in [0.1, 0.15) is 5.56 Å². The van der Waals surface area contributed by atoms with Gasteiger partial charge in [0.2, 0.25) is 5.91 Å². The van der Waals surface area contributed by atoms with Crippen molar-refractivity contribution < 1.29 is 22.9 Å². The van der Waals surface area contributed by atoms with Crippen LogP contribution in [0, 0.1) is 10.1 Å². The van der Waals surface area contributed by atoms with Crippen LogP contribution in [0.3, 0.4) is 0 Å². The Balaban J connectivity index is 1.78. The van der Waals surface area contributed by atoms with Gasteiger partial charge in [0.1, 0.15) is 5.69 Å². The summed E-state index contributed by atoms with van der Waals surface area (Å²) in [5.41, 5.74) is -1.26. The van der Waals surface area contributed by atoms with E-state index in [1.807, 2.05) is 0 Å². The highest BCUT2D eigenvalue weighted by Crippen LogP contribution is 2.33. The molecule has 1 aromatic carbocycles. The number of nitro benzene ring substituents is 1. The predicted molar refractivity (Wildman–Crippen MR) is 95.4 cm³/mol. The maximum Gasteiger partial charge on any atom is 0.417 e. The van der Waals surface area contributed by atoms with Gasteiger partial charge in [-0.2, -0.15) is 13.2 Å². The number of anilines is 1. The van der Waals surface area contributed by atoms with Gasteiger partial charge in [0.25, 0.3) is 5.69 Å². The molecule has 3 rings (SSSR count). The monoisotopic (exact) mass is 431 g/mol. The lowest BCUT2D eigenvalue weighted by atomic mass is 10.2. The van der Waals surface area contributed by atoms with E-state index in [0.29, 0.717) is 0 Å². The molecule has 28 heavy (non-hydrogen) atoms. The van der Waals surface area contributed by atoms with Crippen molar-refractivity contribution in [1.29, 1.82) is 0 Å². The third-order valence-electron chi connectivity index (χ3n) is 3.46. The largest absolute Gasteiger partial charge is 0.417 e. The highest BCUT2D eigenvalue weighted by molar-refractivity contribution is 7.99. The summed E-state index contributed by atoms with van der Waals surface area (Å²) in [6.45, 7) is 0. The molecule has 0 saturated carbocycles. The van der Waals surface area contributed by atoms with Gasteiger partial charge in [-0.15, -0.1) is 10.2 Å². The number of benzene rings is 1. The summed E-state index contributed by atoms with van der Waals surface area (Å²) >= 11 is 6.63. The second kappa shape index (κ2) is 7.64. The van der Waals surface area contributed by atoms with Gasteiger partial charge in [0.05, 0.1) is 21.3 Å². The first-order chi connectivity index (χ1) is 13.2. The number of alkyl halides is 3. The summed E-state index contributed by atoms with van der Waals surface area (Å²) < 4.78 is 39.9. The Labute approximate surface area is 163 Å². The maximum absolute atomic E-state index is 13.0. The molecule has 13 heteroatoms. The lowest BCUT2D eigenvalue weighted by Gasteiger charge is -2.09. The third kappa shape index (κ3) is 4.17. The average Bonchev–Trinajstić information content (AvgIpc) is 3.03. The summed E-state index contributed by atoms with van der Waals surface area (Å²) in [6.07, 6.45) is -3.84. The molecule has 1 amide bonds. The van der Waals surface area contributed by atoms with Crippen LogP contribution in [0.2, 0.25) is 5.02 Å². The van der Waals surface area contributed by atoms with Crippen molar-refractivity contribution in [3.8, 4) is 0 Å². The van der Waals surface area contributed by atoms with Crippen LogP contribution in [0.25, 0.3) is 5.65 Å². The minimum Gasteiger partial charge on any atom is -0.320 e. The van der Waals surface area contributed by atoms with E-state index in [-0.39, 0.29) is 33.0 Å². The Kier molecular flexibility index (Phi) is 5.42. The van der Waals surface area contributed by atoms with Crippen molar-refractivity contribution >= 4 is 46.3 Å². The van der Waals surface area contributed by atoms with E-state index in [1.165, 1.54) is 24.3 Å². The first kappa shape index (κ1) is 19.9. The molecule has 1 N–H and O–H groups in total. The van der Waals surface area contributed by atoms with Gasteiger partial charge >= 0.3 is 6.18 Å². The van der Waals surface area contributed by atoms with Gasteiger partial charge in [-0.1, -0.05) is 35.5 Å². The number of hydrogen-bond acceptors (Lipinski definition) is 6. The number of aromatic nitrogens is 3. The van der Waals surface area contributed by atoms with Crippen molar-refractivity contribution in [2.45, 2.75) is 11.3 Å². The molecule has 3 aromatic rings. The maximum atomic E-state index is 13.0. The van der Waals surface area contributed by atoms with E-state index in [9.17, 15) is 28.1 Å². The van der Waals surface area contributed by atoms with Gasteiger partial charge in [-0.25, -0.2) is 0 Å². The van der Waals surface area contributed by atoms with Crippen LogP contribution in [0.5, 0.6) is 0 Å². The lowest BCUT2D eigenvalue weighted by molar-refractivity contribution is -0.383. The number of rotatable bonds is 5. The van der Waals surface area contributed by atoms with Gasteiger partial charge < -0.3 is 5.32 Å². The Morgan fingerprint density at radius 3 is 2.71 bits per heavy atom. The van der Waals surface area contributed by atoms with E-state index < -0.39 is 22.6 Å². The fourth-order valence-electron chi connectivity index (χ4n) is 2.24. The smallest absolute Gasteiger partial charge is 0.320 e. The van der Waals surface area contributed by atoms with E-state index in [4.69, 9.17) is 11.6 Å². The van der Waals surface area contributed by atoms with Crippen LogP contribution in [-0.2, 0) is 11.0 Å². The van der Waals surface area contributed by atoms with Gasteiger partial charge in [0, 0.05) is 12.3 Å². The number of fused-ring (bicyclic) bond motifs is 1. The molecule has 0 aliphatic heterocycles. The second-order valence-corrected chi connectivity index (χ2v) is 6.71. The average molecular weight is 432 g/mol. The molecule has 8 nitrogen and oxygen atoms in total. The topological polar surface area (TPSA) is 102 Å². The van der Waals surface area contributed by atoms with Gasteiger partial charge in [-0.05, 0) is 12.1 Å². The number of hydrogen-bond donors (Lipinski definition) is 1. The fourth-order valence-corrected chi connectivity index (χ4v) is 3.20. The molecule has 0 bridgehead atoms. The Morgan fingerprint density at radius 1 is 1.32 bits per heavy atom. The van der Waals surface area contributed by atoms with Crippen LogP contribution < -0.4 is 5.32 Å². The number of nitro groups is 1. The normalized spacial score (nSPS) is 11.6. The fraction of sp³-hybridized carbons (Fsp3) is 0.133. The summed E-state index contributed by atoms with van der Waals surface area (Å²) in [5, 5.41) is 20.6. The molecule has 0 spiro atoms. The zero-order chi connectivity index (χ0) is 20.5. The number of amides is 1. The van der Waals surface area contributed by atoms with E-state index >= 15 is 0 Å². The van der Waals surface area contributed by atoms with Crippen LogP contribution in [0.15, 0.2) is 41.7 Å². The van der Waals surface area contributed by atoms with Crippen molar-refractivity contribution in [2.24, 2.45) is 0 Å². The zero-order valence-corrected chi connectivity index (χ0v) is 15.2. The minimum absolute atomic E-state index is 0.00611. The summed E-state index contributed by atoms with van der Waals surface area (Å²) in [4.78, 5) is 22.4. The van der Waals surface area contributed by atoms with E-state index in [2.05, 4.69) is 15.5 Å². The molecular formula is C15H9ClF3N5O3S. The summed E-state index contributed by atoms with van der Waals surface area (Å²) in [5.74, 6) is -0.866. The standard InChI is InChI=1S/C15H9ClF3N5O3S/c16-9-5-8(15(17,18)19)6-23-13(9)21-22-14(23)28-7-12(25)20-10-3-1-2-4-11(10)24(26)27/h1-6H,7H2,(H,20,25). The SMILES string of the molecule is O=C(CSc1nnc2c(Cl)cc(C(F)(F)F)cn12)Nc1ccccc1[N+](=O)[O-]. The van der Waals surface area contributed by atoms with E-state index in [0.717, 1.165) is 28.4 Å². The zero-order valence-electron chi connectivity index (χ0n) is 13.6. The number of thioether (sulfide) groups is 1. The molecule has 0 aliphatic rings. The highest BCUT2D eigenvalue weighted by atomic mass is 35.5. The molecule has 0 aliphatic carbocycles. The molecule has 0 radical (unpaired) electrons. The van der Waals surface area contributed by atoms with Crippen LogP contribution >= 0.6 is 23.4 Å². The van der Waals surface area contributed by atoms with E-state index in [1.54, 1.807) is 0 Å². The quantitative estimate of drug-likeness (QED) is 0.371. The molecule has 146 valence electrons. The summed E-state index contributed by atoms with van der Waals surface area (Å²) in [6, 6.07) is 6.30. The number of nitrogens with zero attached hydrogens (tertiary/aromatic N) is 4. The van der Waals surface area contributed by atoms with Crippen LogP contribution in [-0.4, -0.2) is 31.2 Å². The first-order valence-corrected chi connectivity index (χ1v) is 8.80. The second-order valence-electron chi connectivity index (χ2n) is 5.36. The molecule has 0 atom stereocenters. The lowest BCUT2D eigenvalue weighted by Crippen LogP contribution is -2.15.